The van der Waals surface area contributed by atoms with Gasteiger partial charge >= 0.3 is 0 Å². The molecule has 0 amide bonds. The highest BCUT2D eigenvalue weighted by Crippen LogP contribution is 2.32. The molecule has 0 bridgehead atoms. The van der Waals surface area contributed by atoms with Crippen molar-refractivity contribution in [3.8, 4) is 0 Å². The minimum absolute atomic E-state index is 0.649. The molecule has 3 nitrogen and oxygen atoms in total. The van der Waals surface area contributed by atoms with Crippen LogP contribution in [0.15, 0.2) is 16.7 Å². The molecule has 2 rings (SSSR count). The second-order valence-corrected chi connectivity index (χ2v) is 4.32. The van der Waals surface area contributed by atoms with Gasteiger partial charge in [-0.15, -0.1) is 0 Å². The highest BCUT2D eigenvalue weighted by Gasteiger charge is 2.28. The molecule has 0 saturated heterocycles. The first-order chi connectivity index (χ1) is 6.18. The molecule has 1 aliphatic carbocycles. The average Bonchev–Trinajstić information content (AvgIpc) is 2.85. The van der Waals surface area contributed by atoms with Crippen LogP contribution in [0.1, 0.15) is 12.8 Å². The van der Waals surface area contributed by atoms with Crippen molar-refractivity contribution >= 4 is 27.4 Å². The van der Waals surface area contributed by atoms with E-state index in [-0.39, 0.29) is 0 Å². The monoisotopic (exact) mass is 241 g/mol. The topological polar surface area (TPSA) is 42.2 Å². The first-order valence-corrected chi connectivity index (χ1v) is 5.11. The van der Waals surface area contributed by atoms with E-state index in [2.05, 4.69) is 25.8 Å². The Morgan fingerprint density at radius 2 is 2.31 bits per heavy atom. The van der Waals surface area contributed by atoms with E-state index in [0.717, 1.165) is 16.0 Å². The van der Waals surface area contributed by atoms with Gasteiger partial charge in [0.2, 0.25) is 0 Å². The summed E-state index contributed by atoms with van der Waals surface area (Å²) in [6.07, 6.45) is 4.30. The van der Waals surface area contributed by atoms with Crippen molar-refractivity contribution in [2.45, 2.75) is 18.9 Å². The summed E-state index contributed by atoms with van der Waals surface area (Å²) in [5, 5.41) is 0. The van der Waals surface area contributed by atoms with Crippen molar-refractivity contribution in [3.63, 3.8) is 0 Å². The number of hydrogen-bond acceptors (Lipinski definition) is 3. The Morgan fingerprint density at radius 1 is 1.62 bits per heavy atom. The van der Waals surface area contributed by atoms with E-state index in [9.17, 15) is 0 Å². The minimum atomic E-state index is 0.649. The lowest BCUT2D eigenvalue weighted by Gasteiger charge is -2.18. The standard InChI is InChI=1S/C9H12BrN3/c1-13(7-2-3-7)9-8(11)4-6(10)5-12-9/h4-5,7H,2-3,11H2,1H3. The van der Waals surface area contributed by atoms with E-state index in [0.29, 0.717) is 6.04 Å². The number of pyridine rings is 1. The van der Waals surface area contributed by atoms with Crippen molar-refractivity contribution in [2.24, 2.45) is 0 Å². The lowest BCUT2D eigenvalue weighted by molar-refractivity contribution is 0.894. The van der Waals surface area contributed by atoms with Gasteiger partial charge in [-0.25, -0.2) is 4.98 Å². The van der Waals surface area contributed by atoms with Crippen molar-refractivity contribution in [1.82, 2.24) is 4.98 Å². The predicted octanol–water partition coefficient (Wildman–Crippen LogP) is 2.02. The van der Waals surface area contributed by atoms with Crippen LogP contribution in [0.3, 0.4) is 0 Å². The first kappa shape index (κ1) is 8.81. The molecular formula is C9H12BrN3. The second-order valence-electron chi connectivity index (χ2n) is 3.41. The Hall–Kier alpha value is -0.770. The maximum atomic E-state index is 5.85. The van der Waals surface area contributed by atoms with Crippen molar-refractivity contribution < 1.29 is 0 Å². The predicted molar refractivity (Wildman–Crippen MR) is 57.8 cm³/mol. The van der Waals surface area contributed by atoms with Gasteiger partial charge in [0, 0.05) is 23.8 Å². The summed E-state index contributed by atoms with van der Waals surface area (Å²) in [5.74, 6) is 0.894. The van der Waals surface area contributed by atoms with Crippen LogP contribution in [0.25, 0.3) is 0 Å². The SMILES string of the molecule is CN(c1ncc(Br)cc1N)C1CC1. The van der Waals surface area contributed by atoms with Gasteiger partial charge in [-0.2, -0.15) is 0 Å². The molecule has 0 aliphatic heterocycles. The van der Waals surface area contributed by atoms with Gasteiger partial charge in [-0.05, 0) is 34.8 Å². The van der Waals surface area contributed by atoms with E-state index in [1.54, 1.807) is 6.20 Å². The fourth-order valence-electron chi connectivity index (χ4n) is 1.38. The van der Waals surface area contributed by atoms with E-state index < -0.39 is 0 Å². The van der Waals surface area contributed by atoms with E-state index in [1.165, 1.54) is 12.8 Å². The van der Waals surface area contributed by atoms with E-state index in [1.807, 2.05) is 13.1 Å². The van der Waals surface area contributed by atoms with Crippen LogP contribution in [-0.2, 0) is 0 Å². The third-order valence-corrected chi connectivity index (χ3v) is 2.72. The molecule has 0 atom stereocenters. The molecular weight excluding hydrogens is 230 g/mol. The van der Waals surface area contributed by atoms with Gasteiger partial charge in [-0.1, -0.05) is 0 Å². The van der Waals surface area contributed by atoms with Crippen molar-refractivity contribution in [3.05, 3.63) is 16.7 Å². The molecule has 1 saturated carbocycles. The summed E-state index contributed by atoms with van der Waals surface area (Å²) in [6, 6.07) is 2.54. The van der Waals surface area contributed by atoms with Gasteiger partial charge in [0.05, 0.1) is 5.69 Å². The van der Waals surface area contributed by atoms with Crippen LogP contribution >= 0.6 is 15.9 Å². The van der Waals surface area contributed by atoms with Gasteiger partial charge in [0.1, 0.15) is 0 Å². The largest absolute Gasteiger partial charge is 0.396 e. The number of hydrogen-bond donors (Lipinski definition) is 1. The third kappa shape index (κ3) is 1.77. The van der Waals surface area contributed by atoms with Gasteiger partial charge < -0.3 is 10.6 Å². The Labute approximate surface area is 86.1 Å². The van der Waals surface area contributed by atoms with Gasteiger partial charge in [0.25, 0.3) is 0 Å². The smallest absolute Gasteiger partial charge is 0.151 e. The number of halogens is 1. The highest BCUT2D eigenvalue weighted by molar-refractivity contribution is 9.10. The molecule has 4 heteroatoms. The Kier molecular flexibility index (Phi) is 2.15. The first-order valence-electron chi connectivity index (χ1n) is 4.32. The number of nitrogens with zero attached hydrogens (tertiary/aromatic N) is 2. The quantitative estimate of drug-likeness (QED) is 0.862. The summed E-state index contributed by atoms with van der Waals surface area (Å²) in [4.78, 5) is 6.45. The molecule has 0 aromatic carbocycles. The minimum Gasteiger partial charge on any atom is -0.396 e. The number of aromatic nitrogens is 1. The molecule has 0 unspecified atom stereocenters. The van der Waals surface area contributed by atoms with E-state index >= 15 is 0 Å². The second kappa shape index (κ2) is 3.18. The summed E-state index contributed by atoms with van der Waals surface area (Å²) >= 11 is 3.34. The normalized spacial score (nSPS) is 15.8. The van der Waals surface area contributed by atoms with Crippen LogP contribution < -0.4 is 10.6 Å². The van der Waals surface area contributed by atoms with Crippen LogP contribution in [0.2, 0.25) is 0 Å². The van der Waals surface area contributed by atoms with Crippen LogP contribution in [0.4, 0.5) is 11.5 Å². The molecule has 0 spiro atoms. The molecule has 1 heterocycles. The van der Waals surface area contributed by atoms with Crippen molar-refractivity contribution in [2.75, 3.05) is 17.7 Å². The lowest BCUT2D eigenvalue weighted by atomic mass is 10.3. The number of anilines is 2. The van der Waals surface area contributed by atoms with E-state index in [4.69, 9.17) is 5.73 Å². The molecule has 1 aliphatic rings. The zero-order chi connectivity index (χ0) is 9.42. The zero-order valence-electron chi connectivity index (χ0n) is 7.50. The molecule has 13 heavy (non-hydrogen) atoms. The molecule has 0 radical (unpaired) electrons. The summed E-state index contributed by atoms with van der Waals surface area (Å²) in [5.41, 5.74) is 6.59. The maximum absolute atomic E-state index is 5.85. The molecule has 70 valence electrons. The number of nitrogen functional groups attached to an aromatic ring is 1. The van der Waals surface area contributed by atoms with Gasteiger partial charge in [-0.3, -0.25) is 0 Å². The summed E-state index contributed by atoms with van der Waals surface area (Å²) in [7, 11) is 2.05. The molecule has 1 aromatic rings. The van der Waals surface area contributed by atoms with Gasteiger partial charge in [0.15, 0.2) is 5.82 Å². The average molecular weight is 242 g/mol. The Morgan fingerprint density at radius 3 is 2.85 bits per heavy atom. The molecule has 1 aromatic heterocycles. The zero-order valence-corrected chi connectivity index (χ0v) is 9.08. The summed E-state index contributed by atoms with van der Waals surface area (Å²) < 4.78 is 0.929. The Bertz CT molecular complexity index is 323. The fraction of sp³-hybridized carbons (Fsp3) is 0.444. The Balaban J connectivity index is 2.28. The number of rotatable bonds is 2. The summed E-state index contributed by atoms with van der Waals surface area (Å²) in [6.45, 7) is 0. The van der Waals surface area contributed by atoms with Crippen LogP contribution in [0.5, 0.6) is 0 Å². The number of nitrogens with two attached hydrogens (primary N) is 1. The maximum Gasteiger partial charge on any atom is 0.151 e. The fourth-order valence-corrected chi connectivity index (χ4v) is 1.73. The van der Waals surface area contributed by atoms with Crippen molar-refractivity contribution in [1.29, 1.82) is 0 Å². The molecule has 2 N–H and O–H groups in total. The highest BCUT2D eigenvalue weighted by atomic mass is 79.9. The molecule has 1 fully saturated rings. The lowest BCUT2D eigenvalue weighted by Crippen LogP contribution is -2.21. The van der Waals surface area contributed by atoms with Crippen LogP contribution in [-0.4, -0.2) is 18.1 Å². The van der Waals surface area contributed by atoms with Crippen LogP contribution in [0, 0.1) is 0 Å². The third-order valence-electron chi connectivity index (χ3n) is 2.29.